The number of carbonyl (C=O) groups is 2. The highest BCUT2D eigenvalue weighted by molar-refractivity contribution is 8.16. The summed E-state index contributed by atoms with van der Waals surface area (Å²) in [5.74, 6) is -1.00. The second-order valence-electron chi connectivity index (χ2n) is 4.37. The zero-order valence-corrected chi connectivity index (χ0v) is 11.0. The van der Waals surface area contributed by atoms with Gasteiger partial charge in [0.2, 0.25) is 4.75 Å². The molecule has 2 fully saturated rings. The Morgan fingerprint density at radius 1 is 1.61 bits per heavy atom. The maximum atomic E-state index is 11.8. The van der Waals surface area contributed by atoms with E-state index in [9.17, 15) is 9.59 Å². The molecule has 1 amide bonds. The molecule has 2 atom stereocenters. The largest absolute Gasteiger partial charge is 0.458 e. The number of esters is 1. The SMILES string of the molecule is CCCCOCC1CC2(SC(=N)NC2=O)C(=O)O1. The van der Waals surface area contributed by atoms with Crippen LogP contribution in [-0.4, -0.2) is 41.1 Å². The molecule has 2 saturated heterocycles. The number of rotatable bonds is 5. The van der Waals surface area contributed by atoms with Crippen molar-refractivity contribution in [3.8, 4) is 0 Å². The molecule has 2 aliphatic rings. The number of nitrogens with one attached hydrogen (secondary N) is 2. The third-order valence-corrected chi connectivity index (χ3v) is 4.11. The lowest BCUT2D eigenvalue weighted by atomic mass is 10.0. The van der Waals surface area contributed by atoms with Crippen LogP contribution in [0.1, 0.15) is 26.2 Å². The van der Waals surface area contributed by atoms with E-state index >= 15 is 0 Å². The number of cyclic esters (lactones) is 1. The van der Waals surface area contributed by atoms with E-state index in [0.717, 1.165) is 24.6 Å². The molecule has 7 heteroatoms. The molecule has 6 nitrogen and oxygen atoms in total. The van der Waals surface area contributed by atoms with Crippen molar-refractivity contribution < 1.29 is 19.1 Å². The Kier molecular flexibility index (Phi) is 3.91. The van der Waals surface area contributed by atoms with Gasteiger partial charge in [-0.2, -0.15) is 0 Å². The summed E-state index contributed by atoms with van der Waals surface area (Å²) in [6, 6.07) is 0. The third-order valence-electron chi connectivity index (χ3n) is 2.93. The summed E-state index contributed by atoms with van der Waals surface area (Å²) in [7, 11) is 0. The standard InChI is InChI=1S/C11H16N2O4S/c1-2-3-4-16-6-7-5-11(9(15)17-7)8(14)13-10(12)18-11/h7H,2-6H2,1H3,(H2,12,13,14). The summed E-state index contributed by atoms with van der Waals surface area (Å²) in [5, 5.41) is 9.76. The Balaban J connectivity index is 1.91. The molecule has 0 aromatic heterocycles. The number of thioether (sulfide) groups is 1. The minimum Gasteiger partial charge on any atom is -0.458 e. The molecule has 0 aromatic carbocycles. The van der Waals surface area contributed by atoms with Gasteiger partial charge in [-0.25, -0.2) is 4.79 Å². The summed E-state index contributed by atoms with van der Waals surface area (Å²) in [4.78, 5) is 23.5. The van der Waals surface area contributed by atoms with Crippen LogP contribution in [0.3, 0.4) is 0 Å². The highest BCUT2D eigenvalue weighted by atomic mass is 32.2. The average Bonchev–Trinajstić information content (AvgIpc) is 2.77. The van der Waals surface area contributed by atoms with E-state index in [1.54, 1.807) is 0 Å². The zero-order valence-electron chi connectivity index (χ0n) is 10.2. The lowest BCUT2D eigenvalue weighted by Crippen LogP contribution is -2.40. The fraction of sp³-hybridized carbons (Fsp3) is 0.727. The van der Waals surface area contributed by atoms with Crippen LogP contribution in [0.25, 0.3) is 0 Å². The maximum Gasteiger partial charge on any atom is 0.332 e. The lowest BCUT2D eigenvalue weighted by Gasteiger charge is -2.11. The number of amidine groups is 1. The Morgan fingerprint density at radius 3 is 3.00 bits per heavy atom. The molecule has 18 heavy (non-hydrogen) atoms. The number of unbranched alkanes of at least 4 members (excludes halogenated alkanes) is 1. The van der Waals surface area contributed by atoms with Crippen molar-refractivity contribution in [3.05, 3.63) is 0 Å². The van der Waals surface area contributed by atoms with Crippen LogP contribution in [0, 0.1) is 5.41 Å². The zero-order chi connectivity index (χ0) is 13.2. The molecule has 2 aliphatic heterocycles. The summed E-state index contributed by atoms with van der Waals surface area (Å²) in [5.41, 5.74) is 0. The first kappa shape index (κ1) is 13.4. The average molecular weight is 272 g/mol. The fourth-order valence-electron chi connectivity index (χ4n) is 1.97. The third kappa shape index (κ3) is 2.37. The van der Waals surface area contributed by atoms with Gasteiger partial charge in [-0.15, -0.1) is 0 Å². The van der Waals surface area contributed by atoms with Crippen molar-refractivity contribution in [2.24, 2.45) is 0 Å². The monoisotopic (exact) mass is 272 g/mol. The first-order valence-electron chi connectivity index (χ1n) is 5.96. The smallest absolute Gasteiger partial charge is 0.332 e. The van der Waals surface area contributed by atoms with Crippen LogP contribution in [0.15, 0.2) is 0 Å². The van der Waals surface area contributed by atoms with Crippen molar-refractivity contribution in [1.29, 1.82) is 5.41 Å². The van der Waals surface area contributed by atoms with Crippen molar-refractivity contribution in [2.75, 3.05) is 13.2 Å². The highest BCUT2D eigenvalue weighted by Crippen LogP contribution is 2.42. The van der Waals surface area contributed by atoms with Gasteiger partial charge in [-0.05, 0) is 6.42 Å². The molecule has 2 N–H and O–H groups in total. The molecule has 0 aromatic rings. The van der Waals surface area contributed by atoms with Gasteiger partial charge in [0, 0.05) is 13.0 Å². The van der Waals surface area contributed by atoms with Crippen molar-refractivity contribution >= 4 is 28.8 Å². The van der Waals surface area contributed by atoms with Crippen molar-refractivity contribution in [1.82, 2.24) is 5.32 Å². The van der Waals surface area contributed by atoms with E-state index in [-0.39, 0.29) is 11.6 Å². The summed E-state index contributed by atoms with van der Waals surface area (Å²) < 4.78 is 9.30. The van der Waals surface area contributed by atoms with Crippen LogP contribution in [0.4, 0.5) is 0 Å². The lowest BCUT2D eigenvalue weighted by molar-refractivity contribution is -0.146. The number of hydrogen-bond acceptors (Lipinski definition) is 6. The Hall–Kier alpha value is -1.08. The Bertz CT molecular complexity index is 387. The molecule has 100 valence electrons. The number of ether oxygens (including phenoxy) is 2. The Morgan fingerprint density at radius 2 is 2.39 bits per heavy atom. The molecule has 2 heterocycles. The maximum absolute atomic E-state index is 11.8. The Labute approximate surface area is 109 Å². The molecule has 0 saturated carbocycles. The minimum absolute atomic E-state index is 0.00417. The highest BCUT2D eigenvalue weighted by Gasteiger charge is 2.60. The van der Waals surface area contributed by atoms with Gasteiger partial charge in [-0.3, -0.25) is 10.2 Å². The molecular formula is C11H16N2O4S. The fourth-order valence-corrected chi connectivity index (χ4v) is 3.00. The van der Waals surface area contributed by atoms with Gasteiger partial charge >= 0.3 is 5.97 Å². The van der Waals surface area contributed by atoms with E-state index in [4.69, 9.17) is 14.9 Å². The molecule has 2 unspecified atom stereocenters. The molecule has 0 radical (unpaired) electrons. The molecule has 0 aliphatic carbocycles. The van der Waals surface area contributed by atoms with Crippen LogP contribution < -0.4 is 5.32 Å². The van der Waals surface area contributed by atoms with Crippen LogP contribution >= 0.6 is 11.8 Å². The predicted octanol–water partition coefficient (Wildman–Crippen LogP) is 0.655. The van der Waals surface area contributed by atoms with Gasteiger partial charge < -0.3 is 14.8 Å². The van der Waals surface area contributed by atoms with E-state index in [1.165, 1.54) is 0 Å². The topological polar surface area (TPSA) is 88.5 Å². The summed E-state index contributed by atoms with van der Waals surface area (Å²) in [6.07, 6.45) is 1.89. The number of hydrogen-bond donors (Lipinski definition) is 2. The van der Waals surface area contributed by atoms with Gasteiger partial charge in [-0.1, -0.05) is 25.1 Å². The van der Waals surface area contributed by atoms with Crippen LogP contribution in [-0.2, 0) is 19.1 Å². The first-order chi connectivity index (χ1) is 8.58. The molecule has 0 bridgehead atoms. The molecule has 2 rings (SSSR count). The van der Waals surface area contributed by atoms with Crippen LogP contribution in [0.2, 0.25) is 0 Å². The first-order valence-corrected chi connectivity index (χ1v) is 6.78. The van der Waals surface area contributed by atoms with E-state index in [2.05, 4.69) is 12.2 Å². The van der Waals surface area contributed by atoms with E-state index in [1.807, 2.05) is 0 Å². The molecule has 1 spiro atoms. The quantitative estimate of drug-likeness (QED) is 0.436. The molecular weight excluding hydrogens is 256 g/mol. The predicted molar refractivity (Wildman–Crippen MR) is 66.4 cm³/mol. The van der Waals surface area contributed by atoms with Gasteiger partial charge in [0.1, 0.15) is 6.10 Å². The summed E-state index contributed by atoms with van der Waals surface area (Å²) in [6.45, 7) is 3.01. The summed E-state index contributed by atoms with van der Waals surface area (Å²) >= 11 is 0.932. The second-order valence-corrected chi connectivity index (χ2v) is 5.68. The van der Waals surface area contributed by atoms with E-state index in [0.29, 0.717) is 13.2 Å². The van der Waals surface area contributed by atoms with Crippen molar-refractivity contribution in [2.45, 2.75) is 37.0 Å². The van der Waals surface area contributed by atoms with Crippen LogP contribution in [0.5, 0.6) is 0 Å². The number of amides is 1. The number of carbonyl (C=O) groups excluding carboxylic acids is 2. The van der Waals surface area contributed by atoms with Gasteiger partial charge in [0.15, 0.2) is 5.17 Å². The second kappa shape index (κ2) is 5.27. The van der Waals surface area contributed by atoms with E-state index < -0.39 is 22.7 Å². The van der Waals surface area contributed by atoms with Gasteiger partial charge in [0.05, 0.1) is 6.61 Å². The minimum atomic E-state index is -1.25. The van der Waals surface area contributed by atoms with Crippen molar-refractivity contribution in [3.63, 3.8) is 0 Å². The van der Waals surface area contributed by atoms with Gasteiger partial charge in [0.25, 0.3) is 5.91 Å². The normalized spacial score (nSPS) is 30.9.